The summed E-state index contributed by atoms with van der Waals surface area (Å²) in [5.74, 6) is -0.190. The molecular formula is C15H24FNO. The molecule has 102 valence electrons. The van der Waals surface area contributed by atoms with Crippen molar-refractivity contribution in [1.29, 1.82) is 0 Å². The molecule has 0 amide bonds. The van der Waals surface area contributed by atoms with Crippen LogP contribution in [0, 0.1) is 5.82 Å². The predicted molar refractivity (Wildman–Crippen MR) is 73.1 cm³/mol. The van der Waals surface area contributed by atoms with Crippen LogP contribution in [0.3, 0.4) is 0 Å². The fourth-order valence-electron chi connectivity index (χ4n) is 1.74. The highest BCUT2D eigenvalue weighted by molar-refractivity contribution is 5.16. The van der Waals surface area contributed by atoms with Gasteiger partial charge in [-0.1, -0.05) is 44.4 Å². The lowest BCUT2D eigenvalue weighted by Gasteiger charge is -2.06. The summed E-state index contributed by atoms with van der Waals surface area (Å²) in [6.07, 6.45) is 5.10. The van der Waals surface area contributed by atoms with E-state index < -0.39 is 0 Å². The number of rotatable bonds is 10. The van der Waals surface area contributed by atoms with Gasteiger partial charge >= 0.3 is 0 Å². The van der Waals surface area contributed by atoms with Gasteiger partial charge < -0.3 is 10.1 Å². The van der Waals surface area contributed by atoms with Gasteiger partial charge in [-0.25, -0.2) is 4.39 Å². The Morgan fingerprint density at radius 2 is 1.94 bits per heavy atom. The van der Waals surface area contributed by atoms with Crippen LogP contribution in [0.2, 0.25) is 0 Å². The minimum Gasteiger partial charge on any atom is -0.375 e. The molecule has 1 aromatic carbocycles. The largest absolute Gasteiger partial charge is 0.375 e. The standard InChI is InChI=1S/C15H24FNO/c1-2-3-4-7-10-17-11-12-18-13-14-8-5-6-9-15(14)16/h5-6,8-9,17H,2-4,7,10-13H2,1H3. The first-order valence-corrected chi connectivity index (χ1v) is 6.86. The Kier molecular flexibility index (Phi) is 8.43. The highest BCUT2D eigenvalue weighted by Crippen LogP contribution is 2.07. The third kappa shape index (κ3) is 6.72. The lowest BCUT2D eigenvalue weighted by molar-refractivity contribution is 0.120. The number of halogens is 1. The molecule has 0 spiro atoms. The molecule has 1 rings (SSSR count). The third-order valence-corrected chi connectivity index (χ3v) is 2.85. The molecule has 0 radical (unpaired) electrons. The van der Waals surface area contributed by atoms with Gasteiger partial charge in [0.1, 0.15) is 5.82 Å². The molecule has 0 unspecified atom stereocenters. The molecular weight excluding hydrogens is 229 g/mol. The van der Waals surface area contributed by atoms with E-state index >= 15 is 0 Å². The van der Waals surface area contributed by atoms with Crippen molar-refractivity contribution >= 4 is 0 Å². The summed E-state index contributed by atoms with van der Waals surface area (Å²) < 4.78 is 18.7. The number of hydrogen-bond donors (Lipinski definition) is 1. The quantitative estimate of drug-likeness (QED) is 0.644. The minimum atomic E-state index is -0.190. The summed E-state index contributed by atoms with van der Waals surface area (Å²) in [6, 6.07) is 6.74. The van der Waals surface area contributed by atoms with Gasteiger partial charge in [0.05, 0.1) is 13.2 Å². The molecule has 18 heavy (non-hydrogen) atoms. The van der Waals surface area contributed by atoms with Crippen molar-refractivity contribution < 1.29 is 9.13 Å². The highest BCUT2D eigenvalue weighted by Gasteiger charge is 1.99. The number of nitrogens with one attached hydrogen (secondary N) is 1. The van der Waals surface area contributed by atoms with Crippen molar-refractivity contribution in [3.8, 4) is 0 Å². The molecule has 2 nitrogen and oxygen atoms in total. The van der Waals surface area contributed by atoms with Crippen molar-refractivity contribution in [1.82, 2.24) is 5.32 Å². The predicted octanol–water partition coefficient (Wildman–Crippen LogP) is 3.51. The zero-order valence-electron chi connectivity index (χ0n) is 11.3. The number of ether oxygens (including phenoxy) is 1. The first kappa shape index (κ1) is 15.1. The van der Waals surface area contributed by atoms with Crippen molar-refractivity contribution in [2.75, 3.05) is 19.7 Å². The SMILES string of the molecule is CCCCCCNCCOCc1ccccc1F. The molecule has 0 bridgehead atoms. The fourth-order valence-corrected chi connectivity index (χ4v) is 1.74. The van der Waals surface area contributed by atoms with Crippen LogP contribution in [-0.2, 0) is 11.3 Å². The van der Waals surface area contributed by atoms with Gasteiger partial charge in [-0.05, 0) is 19.0 Å². The van der Waals surface area contributed by atoms with Crippen LogP contribution < -0.4 is 5.32 Å². The lowest BCUT2D eigenvalue weighted by Crippen LogP contribution is -2.20. The van der Waals surface area contributed by atoms with Gasteiger partial charge in [0, 0.05) is 12.1 Å². The van der Waals surface area contributed by atoms with E-state index in [0.717, 1.165) is 13.1 Å². The van der Waals surface area contributed by atoms with E-state index in [2.05, 4.69) is 12.2 Å². The minimum absolute atomic E-state index is 0.190. The van der Waals surface area contributed by atoms with Crippen molar-refractivity contribution in [2.24, 2.45) is 0 Å². The zero-order chi connectivity index (χ0) is 13.1. The molecule has 0 saturated heterocycles. The van der Waals surface area contributed by atoms with Gasteiger partial charge in [0.2, 0.25) is 0 Å². The van der Waals surface area contributed by atoms with Crippen LogP contribution in [0.25, 0.3) is 0 Å². The van der Waals surface area contributed by atoms with Gasteiger partial charge in [-0.15, -0.1) is 0 Å². The molecule has 0 aliphatic heterocycles. The summed E-state index contributed by atoms with van der Waals surface area (Å²) in [6.45, 7) is 5.07. The average Bonchev–Trinajstić information content (AvgIpc) is 2.39. The van der Waals surface area contributed by atoms with E-state index in [4.69, 9.17) is 4.74 Å². The Balaban J connectivity index is 1.94. The third-order valence-electron chi connectivity index (χ3n) is 2.85. The van der Waals surface area contributed by atoms with Crippen LogP contribution >= 0.6 is 0 Å². The maximum Gasteiger partial charge on any atom is 0.128 e. The Labute approximate surface area is 110 Å². The van der Waals surface area contributed by atoms with Crippen molar-refractivity contribution in [3.05, 3.63) is 35.6 Å². The van der Waals surface area contributed by atoms with Crippen molar-refractivity contribution in [2.45, 2.75) is 39.2 Å². The van der Waals surface area contributed by atoms with Gasteiger partial charge in [-0.3, -0.25) is 0 Å². The summed E-state index contributed by atoms with van der Waals surface area (Å²) >= 11 is 0. The summed E-state index contributed by atoms with van der Waals surface area (Å²) in [7, 11) is 0. The molecule has 0 saturated carbocycles. The van der Waals surface area contributed by atoms with Crippen LogP contribution in [0.5, 0.6) is 0 Å². The van der Waals surface area contributed by atoms with Crippen LogP contribution in [-0.4, -0.2) is 19.7 Å². The highest BCUT2D eigenvalue weighted by atomic mass is 19.1. The molecule has 0 fully saturated rings. The molecule has 0 heterocycles. The first-order chi connectivity index (χ1) is 8.84. The Hall–Kier alpha value is -0.930. The normalized spacial score (nSPS) is 10.8. The van der Waals surface area contributed by atoms with Crippen LogP contribution in [0.4, 0.5) is 4.39 Å². The van der Waals surface area contributed by atoms with E-state index in [1.54, 1.807) is 12.1 Å². The zero-order valence-corrected chi connectivity index (χ0v) is 11.3. The van der Waals surface area contributed by atoms with Crippen LogP contribution in [0.15, 0.2) is 24.3 Å². The van der Waals surface area contributed by atoms with Crippen molar-refractivity contribution in [3.63, 3.8) is 0 Å². The second-order valence-corrected chi connectivity index (χ2v) is 4.45. The van der Waals surface area contributed by atoms with E-state index in [0.29, 0.717) is 18.8 Å². The number of hydrogen-bond acceptors (Lipinski definition) is 2. The summed E-state index contributed by atoms with van der Waals surface area (Å²) in [5, 5.41) is 3.33. The van der Waals surface area contributed by atoms with E-state index in [9.17, 15) is 4.39 Å². The second-order valence-electron chi connectivity index (χ2n) is 4.45. The van der Waals surface area contributed by atoms with Crippen LogP contribution in [0.1, 0.15) is 38.2 Å². The van der Waals surface area contributed by atoms with E-state index in [-0.39, 0.29) is 5.82 Å². The fraction of sp³-hybridized carbons (Fsp3) is 0.600. The monoisotopic (exact) mass is 253 g/mol. The molecule has 0 aromatic heterocycles. The summed E-state index contributed by atoms with van der Waals surface area (Å²) in [5.41, 5.74) is 0.625. The van der Waals surface area contributed by atoms with Gasteiger partial charge in [-0.2, -0.15) is 0 Å². The number of benzene rings is 1. The molecule has 0 aliphatic carbocycles. The second kappa shape index (κ2) is 10.0. The van der Waals surface area contributed by atoms with Gasteiger partial charge in [0.15, 0.2) is 0 Å². The maximum atomic E-state index is 13.2. The van der Waals surface area contributed by atoms with E-state index in [1.165, 1.54) is 31.7 Å². The van der Waals surface area contributed by atoms with E-state index in [1.807, 2.05) is 6.07 Å². The Morgan fingerprint density at radius 3 is 2.72 bits per heavy atom. The molecule has 1 aromatic rings. The van der Waals surface area contributed by atoms with Gasteiger partial charge in [0.25, 0.3) is 0 Å². The maximum absolute atomic E-state index is 13.2. The lowest BCUT2D eigenvalue weighted by atomic mass is 10.2. The number of unbranched alkanes of at least 4 members (excludes halogenated alkanes) is 3. The Morgan fingerprint density at radius 1 is 1.11 bits per heavy atom. The average molecular weight is 253 g/mol. The molecule has 0 atom stereocenters. The molecule has 1 N–H and O–H groups in total. The smallest absolute Gasteiger partial charge is 0.128 e. The topological polar surface area (TPSA) is 21.3 Å². The summed E-state index contributed by atoms with van der Waals surface area (Å²) in [4.78, 5) is 0. The molecule has 0 aliphatic rings. The first-order valence-electron chi connectivity index (χ1n) is 6.86. The Bertz CT molecular complexity index is 317. The molecule has 3 heteroatoms.